The van der Waals surface area contributed by atoms with E-state index in [1.54, 1.807) is 31.4 Å². The minimum absolute atomic E-state index is 0.280. The Morgan fingerprint density at radius 1 is 1.35 bits per heavy atom. The number of carbonyl (C=O) groups excluding carboxylic acids is 1. The van der Waals surface area contributed by atoms with Gasteiger partial charge in [0.15, 0.2) is 0 Å². The molecule has 0 atom stereocenters. The minimum Gasteiger partial charge on any atom is -0.495 e. The molecule has 6 nitrogen and oxygen atoms in total. The summed E-state index contributed by atoms with van der Waals surface area (Å²) >= 11 is 3.35. The number of hydrogen-bond acceptors (Lipinski definition) is 5. The molecule has 0 fully saturated rings. The number of nitrogen functional groups attached to an aromatic ring is 1. The Morgan fingerprint density at radius 2 is 2.15 bits per heavy atom. The second kappa shape index (κ2) is 6.36. The van der Waals surface area contributed by atoms with Gasteiger partial charge in [0.05, 0.1) is 18.4 Å². The molecule has 20 heavy (non-hydrogen) atoms. The summed E-state index contributed by atoms with van der Waals surface area (Å²) in [6, 6.07) is 8.60. The smallest absolute Gasteiger partial charge is 0.257 e. The fourth-order valence-corrected chi connectivity index (χ4v) is 1.95. The van der Waals surface area contributed by atoms with Crippen LogP contribution in [0.4, 0.5) is 11.5 Å². The SMILES string of the molecule is COc1ccc(Br)cc1NC(=O)c1ccc(NN)nc1. The van der Waals surface area contributed by atoms with E-state index in [0.717, 1.165) is 4.47 Å². The first-order valence-electron chi connectivity index (χ1n) is 5.71. The summed E-state index contributed by atoms with van der Waals surface area (Å²) < 4.78 is 6.04. The Morgan fingerprint density at radius 3 is 2.75 bits per heavy atom. The first-order valence-corrected chi connectivity index (χ1v) is 6.51. The first kappa shape index (κ1) is 14.3. The van der Waals surface area contributed by atoms with Crippen molar-refractivity contribution in [1.82, 2.24) is 4.98 Å². The number of benzene rings is 1. The van der Waals surface area contributed by atoms with Crippen molar-refractivity contribution < 1.29 is 9.53 Å². The number of halogens is 1. The number of hydrazine groups is 1. The zero-order valence-corrected chi connectivity index (χ0v) is 12.3. The zero-order valence-electron chi connectivity index (χ0n) is 10.7. The van der Waals surface area contributed by atoms with Crippen molar-refractivity contribution in [2.75, 3.05) is 17.9 Å². The molecular weight excluding hydrogens is 324 g/mol. The lowest BCUT2D eigenvalue weighted by Crippen LogP contribution is -2.14. The van der Waals surface area contributed by atoms with E-state index in [1.165, 1.54) is 6.20 Å². The van der Waals surface area contributed by atoms with Crippen LogP contribution in [0.5, 0.6) is 5.75 Å². The number of nitrogens with zero attached hydrogens (tertiary/aromatic N) is 1. The normalized spacial score (nSPS) is 9.95. The maximum absolute atomic E-state index is 12.1. The van der Waals surface area contributed by atoms with Gasteiger partial charge in [0.2, 0.25) is 0 Å². The van der Waals surface area contributed by atoms with Crippen LogP contribution in [-0.2, 0) is 0 Å². The molecule has 1 heterocycles. The fourth-order valence-electron chi connectivity index (χ4n) is 1.59. The summed E-state index contributed by atoms with van der Waals surface area (Å²) in [5, 5.41) is 2.77. The van der Waals surface area contributed by atoms with Gasteiger partial charge in [-0.2, -0.15) is 0 Å². The highest BCUT2D eigenvalue weighted by Crippen LogP contribution is 2.28. The van der Waals surface area contributed by atoms with Gasteiger partial charge in [-0.25, -0.2) is 10.8 Å². The van der Waals surface area contributed by atoms with Crippen molar-refractivity contribution >= 4 is 33.3 Å². The number of aromatic nitrogens is 1. The lowest BCUT2D eigenvalue weighted by atomic mass is 10.2. The summed E-state index contributed by atoms with van der Waals surface area (Å²) in [6.45, 7) is 0. The molecule has 0 aliphatic rings. The molecule has 0 saturated heterocycles. The highest BCUT2D eigenvalue weighted by Gasteiger charge is 2.10. The van der Waals surface area contributed by atoms with Crippen LogP contribution >= 0.6 is 15.9 Å². The van der Waals surface area contributed by atoms with Gasteiger partial charge in [0.1, 0.15) is 11.6 Å². The largest absolute Gasteiger partial charge is 0.495 e. The molecule has 0 saturated carbocycles. The number of hydrogen-bond donors (Lipinski definition) is 3. The van der Waals surface area contributed by atoms with Crippen molar-refractivity contribution in [2.45, 2.75) is 0 Å². The second-order valence-corrected chi connectivity index (χ2v) is 4.79. The minimum atomic E-state index is -0.280. The fraction of sp³-hybridized carbons (Fsp3) is 0.0769. The topological polar surface area (TPSA) is 89.3 Å². The van der Waals surface area contributed by atoms with Crippen LogP contribution in [0.25, 0.3) is 0 Å². The van der Waals surface area contributed by atoms with Crippen molar-refractivity contribution in [3.8, 4) is 5.75 Å². The van der Waals surface area contributed by atoms with E-state index >= 15 is 0 Å². The molecule has 1 amide bonds. The quantitative estimate of drug-likeness (QED) is 0.589. The maximum atomic E-state index is 12.1. The summed E-state index contributed by atoms with van der Waals surface area (Å²) in [5.41, 5.74) is 3.40. The standard InChI is InChI=1S/C13H13BrN4O2/c1-20-11-4-3-9(14)6-10(11)17-13(19)8-2-5-12(18-15)16-7-8/h2-7H,15H2,1H3,(H,16,18)(H,17,19). The Balaban J connectivity index is 2.20. The molecule has 104 valence electrons. The lowest BCUT2D eigenvalue weighted by molar-refractivity contribution is 0.102. The molecule has 0 aliphatic carbocycles. The van der Waals surface area contributed by atoms with E-state index in [1.807, 2.05) is 6.07 Å². The van der Waals surface area contributed by atoms with Crippen LogP contribution < -0.4 is 21.3 Å². The Kier molecular flexibility index (Phi) is 4.54. The summed E-state index contributed by atoms with van der Waals surface area (Å²) in [7, 11) is 1.54. The maximum Gasteiger partial charge on any atom is 0.257 e. The van der Waals surface area contributed by atoms with Crippen LogP contribution in [0.3, 0.4) is 0 Å². The van der Waals surface area contributed by atoms with Crippen LogP contribution in [0.15, 0.2) is 41.0 Å². The van der Waals surface area contributed by atoms with Crippen LogP contribution in [0.2, 0.25) is 0 Å². The third-order valence-electron chi connectivity index (χ3n) is 2.58. The van der Waals surface area contributed by atoms with Gasteiger partial charge in [-0.3, -0.25) is 4.79 Å². The molecule has 2 aromatic rings. The van der Waals surface area contributed by atoms with Gasteiger partial charge < -0.3 is 15.5 Å². The van der Waals surface area contributed by atoms with Gasteiger partial charge >= 0.3 is 0 Å². The van der Waals surface area contributed by atoms with Gasteiger partial charge in [-0.15, -0.1) is 0 Å². The molecule has 4 N–H and O–H groups in total. The average molecular weight is 337 g/mol. The van der Waals surface area contributed by atoms with Crippen molar-refractivity contribution in [1.29, 1.82) is 0 Å². The van der Waals surface area contributed by atoms with E-state index in [2.05, 4.69) is 31.7 Å². The second-order valence-electron chi connectivity index (χ2n) is 3.88. The summed E-state index contributed by atoms with van der Waals surface area (Å²) in [5.74, 6) is 6.01. The van der Waals surface area contributed by atoms with Gasteiger partial charge in [0.25, 0.3) is 5.91 Å². The molecule has 0 unspecified atom stereocenters. The molecule has 7 heteroatoms. The van der Waals surface area contributed by atoms with Crippen LogP contribution in [0.1, 0.15) is 10.4 Å². The zero-order chi connectivity index (χ0) is 14.5. The number of nitrogens with two attached hydrogens (primary N) is 1. The first-order chi connectivity index (χ1) is 9.63. The molecule has 0 radical (unpaired) electrons. The van der Waals surface area contributed by atoms with E-state index in [-0.39, 0.29) is 5.91 Å². The van der Waals surface area contributed by atoms with Gasteiger partial charge in [-0.1, -0.05) is 15.9 Å². The average Bonchev–Trinajstić information content (AvgIpc) is 2.47. The molecule has 2 rings (SSSR count). The molecule has 0 aliphatic heterocycles. The number of anilines is 2. The number of pyridine rings is 1. The molecule has 0 bridgehead atoms. The number of carbonyl (C=O) groups is 1. The molecule has 0 spiro atoms. The van der Waals surface area contributed by atoms with Crippen LogP contribution in [0, 0.1) is 0 Å². The Labute approximate surface area is 124 Å². The van der Waals surface area contributed by atoms with E-state index in [0.29, 0.717) is 22.8 Å². The van der Waals surface area contributed by atoms with Crippen LogP contribution in [-0.4, -0.2) is 18.0 Å². The lowest BCUT2D eigenvalue weighted by Gasteiger charge is -2.10. The summed E-state index contributed by atoms with van der Waals surface area (Å²) in [4.78, 5) is 16.1. The van der Waals surface area contributed by atoms with Gasteiger partial charge in [-0.05, 0) is 30.3 Å². The highest BCUT2D eigenvalue weighted by molar-refractivity contribution is 9.10. The Hall–Kier alpha value is -2.12. The third kappa shape index (κ3) is 3.25. The third-order valence-corrected chi connectivity index (χ3v) is 3.08. The monoisotopic (exact) mass is 336 g/mol. The number of nitrogens with one attached hydrogen (secondary N) is 2. The molecular formula is C13H13BrN4O2. The van der Waals surface area contributed by atoms with E-state index in [9.17, 15) is 4.79 Å². The predicted molar refractivity (Wildman–Crippen MR) is 80.7 cm³/mol. The molecule has 1 aromatic heterocycles. The molecule has 1 aromatic carbocycles. The van der Waals surface area contributed by atoms with Crippen molar-refractivity contribution in [3.63, 3.8) is 0 Å². The number of methoxy groups -OCH3 is 1. The number of amides is 1. The van der Waals surface area contributed by atoms with E-state index < -0.39 is 0 Å². The van der Waals surface area contributed by atoms with Crippen molar-refractivity contribution in [3.05, 3.63) is 46.6 Å². The van der Waals surface area contributed by atoms with Gasteiger partial charge in [0, 0.05) is 10.7 Å². The highest BCUT2D eigenvalue weighted by atomic mass is 79.9. The number of ether oxygens (including phenoxy) is 1. The van der Waals surface area contributed by atoms with E-state index in [4.69, 9.17) is 10.6 Å². The predicted octanol–water partition coefficient (Wildman–Crippen LogP) is 2.39. The van der Waals surface area contributed by atoms with Crippen molar-refractivity contribution in [2.24, 2.45) is 5.84 Å². The summed E-state index contributed by atoms with van der Waals surface area (Å²) in [6.07, 6.45) is 1.44. The number of rotatable bonds is 4. The Bertz CT molecular complexity index is 616.